The molecular weight excluding hydrogens is 290 g/mol. The van der Waals surface area contributed by atoms with Crippen LogP contribution in [0.3, 0.4) is 0 Å². The lowest BCUT2D eigenvalue weighted by molar-refractivity contribution is 0.435. The summed E-state index contributed by atoms with van der Waals surface area (Å²) in [5.41, 5.74) is 0. The Morgan fingerprint density at radius 2 is 2.17 bits per heavy atom. The SMILES string of the molecule is CCCC1CCCN(c2cc(Br)nc(C)n2)CC1. The van der Waals surface area contributed by atoms with E-state index in [9.17, 15) is 0 Å². The van der Waals surface area contributed by atoms with Crippen molar-refractivity contribution in [2.75, 3.05) is 18.0 Å². The van der Waals surface area contributed by atoms with Gasteiger partial charge in [-0.2, -0.15) is 0 Å². The van der Waals surface area contributed by atoms with Crippen LogP contribution in [0.5, 0.6) is 0 Å². The van der Waals surface area contributed by atoms with Gasteiger partial charge in [0.05, 0.1) is 0 Å². The molecular formula is C14H22BrN3. The first kappa shape index (κ1) is 13.8. The van der Waals surface area contributed by atoms with E-state index in [2.05, 4.69) is 37.7 Å². The molecule has 0 spiro atoms. The molecule has 4 heteroatoms. The van der Waals surface area contributed by atoms with E-state index in [0.717, 1.165) is 35.3 Å². The highest BCUT2D eigenvalue weighted by atomic mass is 79.9. The molecule has 0 N–H and O–H groups in total. The molecule has 2 rings (SSSR count). The van der Waals surface area contributed by atoms with E-state index in [1.165, 1.54) is 32.1 Å². The van der Waals surface area contributed by atoms with Gasteiger partial charge in [0.25, 0.3) is 0 Å². The second-order valence-corrected chi connectivity index (χ2v) is 5.98. The van der Waals surface area contributed by atoms with Crippen LogP contribution in [-0.4, -0.2) is 23.1 Å². The molecule has 0 saturated carbocycles. The Hall–Kier alpha value is -0.640. The molecule has 1 aromatic heterocycles. The molecule has 1 unspecified atom stereocenters. The van der Waals surface area contributed by atoms with E-state index < -0.39 is 0 Å². The third-order valence-corrected chi connectivity index (χ3v) is 4.07. The number of aryl methyl sites for hydroxylation is 1. The van der Waals surface area contributed by atoms with Crippen LogP contribution in [0.25, 0.3) is 0 Å². The summed E-state index contributed by atoms with van der Waals surface area (Å²) in [7, 11) is 0. The number of anilines is 1. The number of rotatable bonds is 3. The van der Waals surface area contributed by atoms with Gasteiger partial charge >= 0.3 is 0 Å². The highest BCUT2D eigenvalue weighted by molar-refractivity contribution is 9.10. The number of aromatic nitrogens is 2. The number of nitrogens with zero attached hydrogens (tertiary/aromatic N) is 3. The maximum Gasteiger partial charge on any atom is 0.133 e. The average Bonchev–Trinajstić information content (AvgIpc) is 2.54. The van der Waals surface area contributed by atoms with Gasteiger partial charge in [-0.25, -0.2) is 9.97 Å². The predicted octanol–water partition coefficient (Wildman–Crippen LogP) is 3.95. The van der Waals surface area contributed by atoms with Crippen molar-refractivity contribution in [3.05, 3.63) is 16.5 Å². The Kier molecular flexibility index (Phi) is 4.98. The summed E-state index contributed by atoms with van der Waals surface area (Å²) in [4.78, 5) is 11.2. The van der Waals surface area contributed by atoms with E-state index in [0.29, 0.717) is 0 Å². The summed E-state index contributed by atoms with van der Waals surface area (Å²) in [5, 5.41) is 0. The zero-order valence-corrected chi connectivity index (χ0v) is 12.9. The molecule has 1 aliphatic rings. The van der Waals surface area contributed by atoms with Crippen molar-refractivity contribution in [2.45, 2.75) is 46.0 Å². The van der Waals surface area contributed by atoms with Crippen LogP contribution in [0, 0.1) is 12.8 Å². The van der Waals surface area contributed by atoms with Crippen molar-refractivity contribution in [3.63, 3.8) is 0 Å². The lowest BCUT2D eigenvalue weighted by atomic mass is 9.96. The summed E-state index contributed by atoms with van der Waals surface area (Å²) < 4.78 is 0.888. The number of halogens is 1. The summed E-state index contributed by atoms with van der Waals surface area (Å²) in [6.45, 7) is 6.50. The van der Waals surface area contributed by atoms with Gasteiger partial charge in [-0.05, 0) is 48.0 Å². The first-order valence-corrected chi connectivity index (χ1v) is 7.74. The number of hydrogen-bond donors (Lipinski definition) is 0. The quantitative estimate of drug-likeness (QED) is 0.791. The first-order chi connectivity index (χ1) is 8.69. The van der Waals surface area contributed by atoms with Crippen LogP contribution in [0.1, 0.15) is 44.9 Å². The molecule has 18 heavy (non-hydrogen) atoms. The van der Waals surface area contributed by atoms with Crippen LogP contribution < -0.4 is 4.90 Å². The van der Waals surface area contributed by atoms with Gasteiger partial charge in [-0.1, -0.05) is 19.8 Å². The minimum Gasteiger partial charge on any atom is -0.356 e. The van der Waals surface area contributed by atoms with Crippen molar-refractivity contribution >= 4 is 21.7 Å². The zero-order valence-electron chi connectivity index (χ0n) is 11.3. The van der Waals surface area contributed by atoms with Gasteiger partial charge in [0.15, 0.2) is 0 Å². The largest absolute Gasteiger partial charge is 0.356 e. The smallest absolute Gasteiger partial charge is 0.133 e. The van der Waals surface area contributed by atoms with E-state index in [4.69, 9.17) is 0 Å². The van der Waals surface area contributed by atoms with Gasteiger partial charge < -0.3 is 4.90 Å². The van der Waals surface area contributed by atoms with Crippen molar-refractivity contribution in [1.29, 1.82) is 0 Å². The van der Waals surface area contributed by atoms with Crippen LogP contribution in [0.2, 0.25) is 0 Å². The molecule has 0 aliphatic carbocycles. The molecule has 100 valence electrons. The first-order valence-electron chi connectivity index (χ1n) is 6.95. The van der Waals surface area contributed by atoms with Crippen LogP contribution >= 0.6 is 15.9 Å². The molecule has 0 bridgehead atoms. The Morgan fingerprint density at radius 1 is 1.33 bits per heavy atom. The maximum atomic E-state index is 4.56. The third-order valence-electron chi connectivity index (χ3n) is 3.66. The minimum atomic E-state index is 0.841. The van der Waals surface area contributed by atoms with Gasteiger partial charge in [-0.15, -0.1) is 0 Å². The van der Waals surface area contributed by atoms with Crippen molar-refractivity contribution < 1.29 is 0 Å². The molecule has 1 saturated heterocycles. The molecule has 3 nitrogen and oxygen atoms in total. The average molecular weight is 312 g/mol. The van der Waals surface area contributed by atoms with Crippen molar-refractivity contribution in [3.8, 4) is 0 Å². The molecule has 0 radical (unpaired) electrons. The molecule has 1 fully saturated rings. The fourth-order valence-electron chi connectivity index (χ4n) is 2.77. The van der Waals surface area contributed by atoms with Crippen LogP contribution in [0.15, 0.2) is 10.7 Å². The topological polar surface area (TPSA) is 29.0 Å². The van der Waals surface area contributed by atoms with Crippen LogP contribution in [0.4, 0.5) is 5.82 Å². The van der Waals surface area contributed by atoms with Crippen molar-refractivity contribution in [1.82, 2.24) is 9.97 Å². The van der Waals surface area contributed by atoms with E-state index >= 15 is 0 Å². The van der Waals surface area contributed by atoms with Gasteiger partial charge in [0.1, 0.15) is 16.2 Å². The normalized spacial score (nSPS) is 20.8. The zero-order chi connectivity index (χ0) is 13.0. The second kappa shape index (κ2) is 6.50. The van der Waals surface area contributed by atoms with E-state index in [-0.39, 0.29) is 0 Å². The van der Waals surface area contributed by atoms with Gasteiger partial charge in [-0.3, -0.25) is 0 Å². The summed E-state index contributed by atoms with van der Waals surface area (Å²) in [6, 6.07) is 2.03. The highest BCUT2D eigenvalue weighted by Crippen LogP contribution is 2.25. The third kappa shape index (κ3) is 3.67. The lowest BCUT2D eigenvalue weighted by Crippen LogP contribution is -2.25. The summed E-state index contributed by atoms with van der Waals surface area (Å²) in [5.74, 6) is 2.83. The predicted molar refractivity (Wildman–Crippen MR) is 78.9 cm³/mol. The fourth-order valence-corrected chi connectivity index (χ4v) is 3.23. The standard InChI is InChI=1S/C14H22BrN3/c1-3-5-12-6-4-8-18(9-7-12)14-10-13(15)16-11(2)17-14/h10,12H,3-9H2,1-2H3. The van der Waals surface area contributed by atoms with Gasteiger partial charge in [0, 0.05) is 19.2 Å². The molecule has 0 amide bonds. The summed E-state index contributed by atoms with van der Waals surface area (Å²) in [6.07, 6.45) is 6.64. The van der Waals surface area contributed by atoms with E-state index in [1.807, 2.05) is 13.0 Å². The Labute approximate surface area is 118 Å². The fraction of sp³-hybridized carbons (Fsp3) is 0.714. The molecule has 1 atom stereocenters. The Balaban J connectivity index is 2.05. The monoisotopic (exact) mass is 311 g/mol. The van der Waals surface area contributed by atoms with E-state index in [1.54, 1.807) is 0 Å². The molecule has 1 aliphatic heterocycles. The number of hydrogen-bond acceptors (Lipinski definition) is 3. The van der Waals surface area contributed by atoms with Gasteiger partial charge in [0.2, 0.25) is 0 Å². The minimum absolute atomic E-state index is 0.841. The highest BCUT2D eigenvalue weighted by Gasteiger charge is 2.17. The maximum absolute atomic E-state index is 4.56. The second-order valence-electron chi connectivity index (χ2n) is 5.17. The summed E-state index contributed by atoms with van der Waals surface area (Å²) >= 11 is 3.46. The molecule has 0 aromatic carbocycles. The molecule has 1 aromatic rings. The van der Waals surface area contributed by atoms with Crippen molar-refractivity contribution in [2.24, 2.45) is 5.92 Å². The van der Waals surface area contributed by atoms with Crippen LogP contribution in [-0.2, 0) is 0 Å². The lowest BCUT2D eigenvalue weighted by Gasteiger charge is -2.22. The Bertz CT molecular complexity index is 374. The Morgan fingerprint density at radius 3 is 2.89 bits per heavy atom. The molecule has 2 heterocycles.